The standard InChI is InChI=1S/C16H24FN/c1-5-16(6-2)13(10-15(16)18-4)12-7-8-14(17)11(3)9-12/h7-9,13,15,18H,5-6,10H2,1-4H3. The Morgan fingerprint density at radius 2 is 2.00 bits per heavy atom. The molecule has 0 saturated heterocycles. The maximum atomic E-state index is 13.4. The van der Waals surface area contributed by atoms with Crippen LogP contribution in [0.1, 0.15) is 50.2 Å². The summed E-state index contributed by atoms with van der Waals surface area (Å²) < 4.78 is 13.4. The molecule has 0 aliphatic heterocycles. The second-order valence-electron chi connectivity index (χ2n) is 5.58. The Bertz CT molecular complexity index is 423. The van der Waals surface area contributed by atoms with Crippen LogP contribution in [0.4, 0.5) is 4.39 Å². The van der Waals surface area contributed by atoms with E-state index in [4.69, 9.17) is 0 Å². The normalized spacial score (nSPS) is 25.8. The zero-order valence-corrected chi connectivity index (χ0v) is 11.9. The quantitative estimate of drug-likeness (QED) is 0.850. The molecule has 1 aliphatic rings. The van der Waals surface area contributed by atoms with Crippen LogP contribution in [0.2, 0.25) is 0 Å². The van der Waals surface area contributed by atoms with Gasteiger partial charge in [-0.1, -0.05) is 26.0 Å². The fourth-order valence-electron chi connectivity index (χ4n) is 3.78. The molecule has 0 radical (unpaired) electrons. The minimum atomic E-state index is -0.0955. The second-order valence-corrected chi connectivity index (χ2v) is 5.58. The molecule has 0 aromatic heterocycles. The van der Waals surface area contributed by atoms with E-state index in [9.17, 15) is 4.39 Å². The third-order valence-electron chi connectivity index (χ3n) is 5.11. The van der Waals surface area contributed by atoms with Crippen LogP contribution in [0.5, 0.6) is 0 Å². The molecular formula is C16H24FN. The van der Waals surface area contributed by atoms with Gasteiger partial charge in [0.1, 0.15) is 5.82 Å². The number of rotatable bonds is 4. The van der Waals surface area contributed by atoms with Crippen molar-refractivity contribution in [2.24, 2.45) is 5.41 Å². The van der Waals surface area contributed by atoms with Crippen LogP contribution in [0.15, 0.2) is 18.2 Å². The molecule has 1 fully saturated rings. The Balaban J connectivity index is 2.31. The summed E-state index contributed by atoms with van der Waals surface area (Å²) in [5.41, 5.74) is 2.42. The van der Waals surface area contributed by atoms with Gasteiger partial charge >= 0.3 is 0 Å². The molecule has 2 unspecified atom stereocenters. The fraction of sp³-hybridized carbons (Fsp3) is 0.625. The lowest BCUT2D eigenvalue weighted by atomic mass is 9.52. The maximum absolute atomic E-state index is 13.4. The van der Waals surface area contributed by atoms with Crippen molar-refractivity contribution in [2.75, 3.05) is 7.05 Å². The molecule has 2 heteroatoms. The highest BCUT2D eigenvalue weighted by Gasteiger charge is 2.52. The van der Waals surface area contributed by atoms with Crippen molar-refractivity contribution in [1.29, 1.82) is 0 Å². The average Bonchev–Trinajstić information content (AvgIpc) is 2.35. The molecular weight excluding hydrogens is 225 g/mol. The second kappa shape index (κ2) is 5.00. The van der Waals surface area contributed by atoms with Crippen LogP contribution in [-0.2, 0) is 0 Å². The molecule has 0 spiro atoms. The molecule has 1 N–H and O–H groups in total. The van der Waals surface area contributed by atoms with Gasteiger partial charge < -0.3 is 5.32 Å². The summed E-state index contributed by atoms with van der Waals surface area (Å²) in [5, 5.41) is 3.45. The first-order valence-electron chi connectivity index (χ1n) is 7.02. The number of aryl methyl sites for hydroxylation is 1. The summed E-state index contributed by atoms with van der Waals surface area (Å²) in [6, 6.07) is 6.22. The zero-order chi connectivity index (χ0) is 13.3. The third kappa shape index (κ3) is 1.87. The molecule has 1 nitrogen and oxygen atoms in total. The van der Waals surface area contributed by atoms with E-state index in [1.54, 1.807) is 6.07 Å². The molecule has 1 aliphatic carbocycles. The van der Waals surface area contributed by atoms with Crippen LogP contribution >= 0.6 is 0 Å². The van der Waals surface area contributed by atoms with E-state index >= 15 is 0 Å². The summed E-state index contributed by atoms with van der Waals surface area (Å²) in [5.74, 6) is 0.478. The van der Waals surface area contributed by atoms with Gasteiger partial charge in [0, 0.05) is 6.04 Å². The molecule has 1 aromatic rings. The summed E-state index contributed by atoms with van der Waals surface area (Å²) in [6.07, 6.45) is 3.52. The number of hydrogen-bond donors (Lipinski definition) is 1. The fourth-order valence-corrected chi connectivity index (χ4v) is 3.78. The molecule has 1 aromatic carbocycles. The van der Waals surface area contributed by atoms with Crippen molar-refractivity contribution in [2.45, 2.75) is 52.0 Å². The van der Waals surface area contributed by atoms with Gasteiger partial charge in [-0.3, -0.25) is 0 Å². The van der Waals surface area contributed by atoms with E-state index in [1.165, 1.54) is 24.8 Å². The minimum absolute atomic E-state index is 0.0955. The van der Waals surface area contributed by atoms with Crippen LogP contribution < -0.4 is 5.32 Å². The van der Waals surface area contributed by atoms with Crippen molar-refractivity contribution < 1.29 is 4.39 Å². The van der Waals surface area contributed by atoms with Crippen molar-refractivity contribution in [1.82, 2.24) is 5.32 Å². The van der Waals surface area contributed by atoms with Gasteiger partial charge in [0.15, 0.2) is 0 Å². The van der Waals surface area contributed by atoms with Gasteiger partial charge in [0.25, 0.3) is 0 Å². The van der Waals surface area contributed by atoms with Crippen molar-refractivity contribution in [3.8, 4) is 0 Å². The van der Waals surface area contributed by atoms with Gasteiger partial charge in [-0.2, -0.15) is 0 Å². The van der Waals surface area contributed by atoms with Crippen LogP contribution in [-0.4, -0.2) is 13.1 Å². The first-order chi connectivity index (χ1) is 8.58. The summed E-state index contributed by atoms with van der Waals surface area (Å²) in [7, 11) is 2.05. The number of benzene rings is 1. The lowest BCUT2D eigenvalue weighted by molar-refractivity contribution is 0.0245. The van der Waals surface area contributed by atoms with Gasteiger partial charge in [-0.05, 0) is 61.8 Å². The lowest BCUT2D eigenvalue weighted by Gasteiger charge is -2.56. The summed E-state index contributed by atoms with van der Waals surface area (Å²) in [6.45, 7) is 6.40. The highest BCUT2D eigenvalue weighted by atomic mass is 19.1. The van der Waals surface area contributed by atoms with E-state index in [2.05, 4.69) is 26.2 Å². The number of hydrogen-bond acceptors (Lipinski definition) is 1. The highest BCUT2D eigenvalue weighted by molar-refractivity contribution is 5.32. The first kappa shape index (κ1) is 13.5. The van der Waals surface area contributed by atoms with E-state index in [-0.39, 0.29) is 5.82 Å². The molecule has 0 amide bonds. The third-order valence-corrected chi connectivity index (χ3v) is 5.11. The van der Waals surface area contributed by atoms with Crippen LogP contribution in [0, 0.1) is 18.2 Å². The molecule has 100 valence electrons. The largest absolute Gasteiger partial charge is 0.316 e. The Morgan fingerprint density at radius 1 is 1.33 bits per heavy atom. The van der Waals surface area contributed by atoms with E-state index < -0.39 is 0 Å². The Morgan fingerprint density at radius 3 is 2.50 bits per heavy atom. The van der Waals surface area contributed by atoms with Crippen LogP contribution in [0.25, 0.3) is 0 Å². The maximum Gasteiger partial charge on any atom is 0.126 e. The Hall–Kier alpha value is -0.890. The van der Waals surface area contributed by atoms with Crippen LogP contribution in [0.3, 0.4) is 0 Å². The van der Waals surface area contributed by atoms with E-state index in [0.29, 0.717) is 17.4 Å². The Labute approximate surface area is 110 Å². The molecule has 18 heavy (non-hydrogen) atoms. The molecule has 2 atom stereocenters. The topological polar surface area (TPSA) is 12.0 Å². The summed E-state index contributed by atoms with van der Waals surface area (Å²) in [4.78, 5) is 0. The monoisotopic (exact) mass is 249 g/mol. The van der Waals surface area contributed by atoms with E-state index in [0.717, 1.165) is 5.56 Å². The SMILES string of the molecule is CCC1(CC)C(NC)CC1c1ccc(F)c(C)c1. The summed E-state index contributed by atoms with van der Waals surface area (Å²) >= 11 is 0. The zero-order valence-electron chi connectivity index (χ0n) is 11.9. The molecule has 0 heterocycles. The predicted octanol–water partition coefficient (Wildman–Crippen LogP) is 4.02. The van der Waals surface area contributed by atoms with Gasteiger partial charge in [0.05, 0.1) is 0 Å². The number of nitrogens with one attached hydrogen (secondary N) is 1. The average molecular weight is 249 g/mol. The van der Waals surface area contributed by atoms with Crippen molar-refractivity contribution >= 4 is 0 Å². The first-order valence-corrected chi connectivity index (χ1v) is 7.02. The van der Waals surface area contributed by atoms with Gasteiger partial charge in [-0.25, -0.2) is 4.39 Å². The van der Waals surface area contributed by atoms with Crippen molar-refractivity contribution in [3.05, 3.63) is 35.1 Å². The number of halogens is 1. The minimum Gasteiger partial charge on any atom is -0.316 e. The smallest absolute Gasteiger partial charge is 0.126 e. The van der Waals surface area contributed by atoms with Gasteiger partial charge in [-0.15, -0.1) is 0 Å². The van der Waals surface area contributed by atoms with E-state index in [1.807, 2.05) is 19.1 Å². The molecule has 2 rings (SSSR count). The molecule has 0 bridgehead atoms. The highest BCUT2D eigenvalue weighted by Crippen LogP contribution is 2.57. The van der Waals surface area contributed by atoms with Crippen molar-refractivity contribution in [3.63, 3.8) is 0 Å². The Kier molecular flexibility index (Phi) is 3.76. The molecule has 1 saturated carbocycles. The predicted molar refractivity (Wildman–Crippen MR) is 74.4 cm³/mol. The van der Waals surface area contributed by atoms with Gasteiger partial charge in [0.2, 0.25) is 0 Å². The lowest BCUT2D eigenvalue weighted by Crippen LogP contribution is -2.57.